The second kappa shape index (κ2) is 16.6. The van der Waals surface area contributed by atoms with Gasteiger partial charge in [-0.25, -0.2) is 0 Å². The summed E-state index contributed by atoms with van der Waals surface area (Å²) in [6, 6.07) is 10.5. The molecule has 1 nitrogen and oxygen atoms in total. The molecule has 0 aromatic heterocycles. The van der Waals surface area contributed by atoms with Crippen molar-refractivity contribution >= 4 is 0 Å². The minimum atomic E-state index is 0.995. The molecule has 94 valence electrons. The van der Waals surface area contributed by atoms with E-state index in [9.17, 15) is 0 Å². The van der Waals surface area contributed by atoms with Crippen LogP contribution in [0.5, 0.6) is 0 Å². The van der Waals surface area contributed by atoms with Crippen LogP contribution in [0.25, 0.3) is 0 Å². The van der Waals surface area contributed by atoms with E-state index in [4.69, 9.17) is 0 Å². The molecule has 1 aromatic carbocycles. The third-order valence-electron chi connectivity index (χ3n) is 1.60. The number of hydrogen-bond acceptors (Lipinski definition) is 1. The molecular weight excluding hydrogens is 194 g/mol. The molecule has 0 bridgehead atoms. The third-order valence-corrected chi connectivity index (χ3v) is 1.60. The molecule has 16 heavy (non-hydrogen) atoms. The van der Waals surface area contributed by atoms with Gasteiger partial charge in [0.15, 0.2) is 0 Å². The van der Waals surface area contributed by atoms with Crippen molar-refractivity contribution in [3.63, 3.8) is 0 Å². The maximum absolute atomic E-state index is 3.35. The minimum Gasteiger partial charge on any atom is -0.313 e. The van der Waals surface area contributed by atoms with Crippen LogP contribution in [0.4, 0.5) is 0 Å². The lowest BCUT2D eigenvalue weighted by Gasteiger charge is -2.01. The standard InChI is InChI=1S/C10H15N.C3H8.C2H6/c1-2-8-11-9-10-6-4-3-5-7-10;1-3-2;1-2/h3-7,11H,2,8-9H2,1H3;3H2,1-2H3;1-2H3. The van der Waals surface area contributed by atoms with E-state index in [0.29, 0.717) is 0 Å². The van der Waals surface area contributed by atoms with Gasteiger partial charge in [-0.1, -0.05) is 71.4 Å². The van der Waals surface area contributed by atoms with Crippen molar-refractivity contribution in [2.45, 2.75) is 54.0 Å². The van der Waals surface area contributed by atoms with Crippen molar-refractivity contribution in [1.82, 2.24) is 5.32 Å². The van der Waals surface area contributed by atoms with E-state index in [1.165, 1.54) is 18.4 Å². The molecular formula is C15H29N. The highest BCUT2D eigenvalue weighted by Crippen LogP contribution is 1.96. The number of benzene rings is 1. The van der Waals surface area contributed by atoms with Crippen LogP contribution in [0.3, 0.4) is 0 Å². The average molecular weight is 223 g/mol. The molecule has 0 heterocycles. The monoisotopic (exact) mass is 223 g/mol. The van der Waals surface area contributed by atoms with Crippen LogP contribution in [-0.2, 0) is 6.54 Å². The van der Waals surface area contributed by atoms with E-state index in [2.05, 4.69) is 50.4 Å². The molecule has 0 saturated heterocycles. The van der Waals surface area contributed by atoms with Crippen molar-refractivity contribution in [1.29, 1.82) is 0 Å². The zero-order valence-electron chi connectivity index (χ0n) is 11.7. The van der Waals surface area contributed by atoms with Gasteiger partial charge in [0.1, 0.15) is 0 Å². The Kier molecular flexibility index (Phi) is 18.2. The molecule has 0 unspecified atom stereocenters. The molecule has 1 N–H and O–H groups in total. The molecule has 1 heteroatoms. The van der Waals surface area contributed by atoms with Gasteiger partial charge < -0.3 is 5.32 Å². The number of hydrogen-bond donors (Lipinski definition) is 1. The first-order valence-electron chi connectivity index (χ1n) is 6.59. The third kappa shape index (κ3) is 13.2. The predicted octanol–water partition coefficient (Wildman–Crippen LogP) is 4.63. The summed E-state index contributed by atoms with van der Waals surface area (Å²) < 4.78 is 0. The van der Waals surface area contributed by atoms with E-state index in [1.54, 1.807) is 0 Å². The lowest BCUT2D eigenvalue weighted by atomic mass is 10.2. The van der Waals surface area contributed by atoms with Crippen molar-refractivity contribution < 1.29 is 0 Å². The van der Waals surface area contributed by atoms with Crippen LogP contribution >= 0.6 is 0 Å². The molecule has 0 spiro atoms. The molecule has 1 rings (SSSR count). The van der Waals surface area contributed by atoms with Gasteiger partial charge in [0.25, 0.3) is 0 Å². The van der Waals surface area contributed by atoms with Gasteiger partial charge in [-0.3, -0.25) is 0 Å². The fraction of sp³-hybridized carbons (Fsp3) is 0.600. The van der Waals surface area contributed by atoms with Gasteiger partial charge in [0.2, 0.25) is 0 Å². The summed E-state index contributed by atoms with van der Waals surface area (Å²) in [7, 11) is 0. The smallest absolute Gasteiger partial charge is 0.0205 e. The first-order valence-corrected chi connectivity index (χ1v) is 6.59. The maximum Gasteiger partial charge on any atom is 0.0205 e. The first-order chi connectivity index (χ1) is 7.85. The van der Waals surface area contributed by atoms with Crippen LogP contribution < -0.4 is 5.32 Å². The molecule has 0 aliphatic carbocycles. The Morgan fingerprint density at radius 3 is 1.88 bits per heavy atom. The number of rotatable bonds is 4. The first kappa shape index (κ1) is 17.6. The summed E-state index contributed by atoms with van der Waals surface area (Å²) in [6.45, 7) is 12.5. The second-order valence-electron chi connectivity index (χ2n) is 3.37. The predicted molar refractivity (Wildman–Crippen MR) is 75.8 cm³/mol. The summed E-state index contributed by atoms with van der Waals surface area (Å²) in [5, 5.41) is 3.35. The van der Waals surface area contributed by atoms with Gasteiger partial charge in [-0.05, 0) is 18.5 Å². The fourth-order valence-electron chi connectivity index (χ4n) is 1.01. The minimum absolute atomic E-state index is 0.995. The highest BCUT2D eigenvalue weighted by Gasteiger charge is 1.87. The van der Waals surface area contributed by atoms with Gasteiger partial charge >= 0.3 is 0 Å². The molecule has 0 radical (unpaired) electrons. The molecule has 0 amide bonds. The van der Waals surface area contributed by atoms with Crippen LogP contribution in [0, 0.1) is 0 Å². The molecule has 0 fully saturated rings. The molecule has 0 aliphatic heterocycles. The Balaban J connectivity index is 0. The topological polar surface area (TPSA) is 12.0 Å². The fourth-order valence-corrected chi connectivity index (χ4v) is 1.01. The van der Waals surface area contributed by atoms with Crippen molar-refractivity contribution in [2.24, 2.45) is 0 Å². The highest BCUT2D eigenvalue weighted by atomic mass is 14.8. The van der Waals surface area contributed by atoms with Crippen molar-refractivity contribution in [3.8, 4) is 0 Å². The zero-order chi connectivity index (χ0) is 12.6. The second-order valence-corrected chi connectivity index (χ2v) is 3.37. The van der Waals surface area contributed by atoms with Crippen LogP contribution in [0.2, 0.25) is 0 Å². The Morgan fingerprint density at radius 1 is 0.938 bits per heavy atom. The summed E-state index contributed by atoms with van der Waals surface area (Å²) in [4.78, 5) is 0. The summed E-state index contributed by atoms with van der Waals surface area (Å²) in [6.07, 6.45) is 2.45. The van der Waals surface area contributed by atoms with Gasteiger partial charge in [-0.2, -0.15) is 0 Å². The summed E-state index contributed by atoms with van der Waals surface area (Å²) in [5.41, 5.74) is 1.36. The Morgan fingerprint density at radius 2 is 1.44 bits per heavy atom. The van der Waals surface area contributed by atoms with E-state index in [1.807, 2.05) is 19.9 Å². The Bertz CT molecular complexity index is 194. The molecule has 0 saturated carbocycles. The van der Waals surface area contributed by atoms with Crippen molar-refractivity contribution in [3.05, 3.63) is 35.9 Å². The SMILES string of the molecule is CC.CCC.CCCNCc1ccccc1. The van der Waals surface area contributed by atoms with Gasteiger partial charge in [0.05, 0.1) is 0 Å². The highest BCUT2D eigenvalue weighted by molar-refractivity contribution is 5.14. The van der Waals surface area contributed by atoms with Gasteiger partial charge in [-0.15, -0.1) is 0 Å². The summed E-state index contributed by atoms with van der Waals surface area (Å²) >= 11 is 0. The Hall–Kier alpha value is -0.820. The van der Waals surface area contributed by atoms with Crippen LogP contribution in [0.15, 0.2) is 30.3 Å². The summed E-state index contributed by atoms with van der Waals surface area (Å²) in [5.74, 6) is 0. The zero-order valence-corrected chi connectivity index (χ0v) is 11.7. The molecule has 0 atom stereocenters. The lowest BCUT2D eigenvalue weighted by molar-refractivity contribution is 0.675. The van der Waals surface area contributed by atoms with E-state index in [-0.39, 0.29) is 0 Å². The largest absolute Gasteiger partial charge is 0.313 e. The quantitative estimate of drug-likeness (QED) is 0.734. The molecule has 0 aliphatic rings. The van der Waals surface area contributed by atoms with E-state index < -0.39 is 0 Å². The van der Waals surface area contributed by atoms with E-state index in [0.717, 1.165) is 13.1 Å². The Labute approximate surface area is 102 Å². The van der Waals surface area contributed by atoms with Crippen LogP contribution in [0.1, 0.15) is 53.0 Å². The number of nitrogens with one attached hydrogen (secondary N) is 1. The maximum atomic E-state index is 3.35. The van der Waals surface area contributed by atoms with Gasteiger partial charge in [0, 0.05) is 6.54 Å². The average Bonchev–Trinajstić information content (AvgIpc) is 2.34. The normalized spacial score (nSPS) is 8.31. The van der Waals surface area contributed by atoms with Crippen LogP contribution in [-0.4, -0.2) is 6.54 Å². The van der Waals surface area contributed by atoms with Crippen molar-refractivity contribution in [2.75, 3.05) is 6.54 Å². The molecule has 1 aromatic rings. The lowest BCUT2D eigenvalue weighted by Crippen LogP contribution is -2.13. The van der Waals surface area contributed by atoms with E-state index >= 15 is 0 Å².